The fourth-order valence-electron chi connectivity index (χ4n) is 3.26. The van der Waals surface area contributed by atoms with E-state index in [2.05, 4.69) is 10.5 Å². The largest absolute Gasteiger partial charge is 0.475 e. The molecule has 7 heteroatoms. The fraction of sp³-hybridized carbons (Fsp3) is 0.389. The number of carbonyl (C=O) groups is 2. The Kier molecular flexibility index (Phi) is 4.83. The number of carboxylic acids is 1. The van der Waals surface area contributed by atoms with Crippen LogP contribution in [0.3, 0.4) is 0 Å². The lowest BCUT2D eigenvalue weighted by Crippen LogP contribution is -2.32. The van der Waals surface area contributed by atoms with E-state index in [0.29, 0.717) is 5.56 Å². The second-order valence-electron chi connectivity index (χ2n) is 6.30. The molecule has 1 fully saturated rings. The van der Waals surface area contributed by atoms with Crippen LogP contribution < -0.4 is 5.32 Å². The van der Waals surface area contributed by atoms with E-state index in [9.17, 15) is 19.1 Å². The lowest BCUT2D eigenvalue weighted by atomic mass is 9.99. The van der Waals surface area contributed by atoms with Crippen molar-refractivity contribution in [3.05, 3.63) is 41.4 Å². The first-order valence-electron chi connectivity index (χ1n) is 8.26. The zero-order chi connectivity index (χ0) is 18.0. The number of carboxylic acid groups (broad SMARTS) is 1. The number of nitrogens with one attached hydrogen (secondary N) is 1. The van der Waals surface area contributed by atoms with Crippen LogP contribution in [-0.4, -0.2) is 22.1 Å². The molecule has 1 aromatic carbocycles. The standard InChI is InChI=1S/C18H19FN2O4/c1-10(20-17(22)12-4-2-3-5-12)14-15(21-25-16(14)18(23)24)11-6-8-13(19)9-7-11/h6-10,12H,2-5H2,1H3,(H,20,22)(H,23,24). The van der Waals surface area contributed by atoms with Gasteiger partial charge in [-0.05, 0) is 44.0 Å². The van der Waals surface area contributed by atoms with Crippen LogP contribution in [0.1, 0.15) is 54.8 Å². The van der Waals surface area contributed by atoms with E-state index >= 15 is 0 Å². The second-order valence-corrected chi connectivity index (χ2v) is 6.30. The van der Waals surface area contributed by atoms with Crippen molar-refractivity contribution in [2.75, 3.05) is 0 Å². The molecule has 1 aromatic heterocycles. The summed E-state index contributed by atoms with van der Waals surface area (Å²) in [5.41, 5.74) is 1.09. The van der Waals surface area contributed by atoms with Crippen LogP contribution in [-0.2, 0) is 4.79 Å². The highest BCUT2D eigenvalue weighted by atomic mass is 19.1. The second kappa shape index (κ2) is 7.04. The quantitative estimate of drug-likeness (QED) is 0.864. The number of halogens is 1. The van der Waals surface area contributed by atoms with Crippen LogP contribution in [0.15, 0.2) is 28.8 Å². The number of aromatic nitrogens is 1. The van der Waals surface area contributed by atoms with Crippen molar-refractivity contribution < 1.29 is 23.6 Å². The summed E-state index contributed by atoms with van der Waals surface area (Å²) in [6, 6.07) is 4.92. The van der Waals surface area contributed by atoms with Crippen molar-refractivity contribution in [3.8, 4) is 11.3 Å². The Morgan fingerprint density at radius 1 is 1.28 bits per heavy atom. The molecule has 0 bridgehead atoms. The van der Waals surface area contributed by atoms with Gasteiger partial charge in [0.1, 0.15) is 11.5 Å². The van der Waals surface area contributed by atoms with Gasteiger partial charge in [-0.3, -0.25) is 4.79 Å². The molecule has 1 unspecified atom stereocenters. The van der Waals surface area contributed by atoms with Crippen molar-refractivity contribution in [1.29, 1.82) is 0 Å². The number of amides is 1. The molecule has 3 rings (SSSR count). The molecule has 1 atom stereocenters. The average Bonchev–Trinajstić information content (AvgIpc) is 3.25. The van der Waals surface area contributed by atoms with Gasteiger partial charge in [0, 0.05) is 11.5 Å². The van der Waals surface area contributed by atoms with Crippen LogP contribution >= 0.6 is 0 Å². The first kappa shape index (κ1) is 17.1. The minimum atomic E-state index is -1.27. The van der Waals surface area contributed by atoms with Gasteiger partial charge >= 0.3 is 5.97 Å². The van der Waals surface area contributed by atoms with Crippen molar-refractivity contribution >= 4 is 11.9 Å². The summed E-state index contributed by atoms with van der Waals surface area (Å²) >= 11 is 0. The van der Waals surface area contributed by atoms with E-state index in [0.717, 1.165) is 25.7 Å². The van der Waals surface area contributed by atoms with E-state index in [1.54, 1.807) is 6.92 Å². The van der Waals surface area contributed by atoms with E-state index in [4.69, 9.17) is 4.52 Å². The maximum atomic E-state index is 13.1. The van der Waals surface area contributed by atoms with Crippen molar-refractivity contribution in [2.24, 2.45) is 5.92 Å². The Morgan fingerprint density at radius 3 is 2.52 bits per heavy atom. The summed E-state index contributed by atoms with van der Waals surface area (Å²) in [4.78, 5) is 23.8. The normalized spacial score (nSPS) is 15.9. The molecule has 1 saturated carbocycles. The molecule has 2 aromatic rings. The highest BCUT2D eigenvalue weighted by Crippen LogP contribution is 2.32. The number of hydrogen-bond acceptors (Lipinski definition) is 4. The molecule has 132 valence electrons. The molecule has 25 heavy (non-hydrogen) atoms. The molecule has 0 spiro atoms. The summed E-state index contributed by atoms with van der Waals surface area (Å²) in [5, 5.41) is 16.1. The van der Waals surface area contributed by atoms with Gasteiger partial charge in [-0.1, -0.05) is 18.0 Å². The summed E-state index contributed by atoms with van der Waals surface area (Å²) in [7, 11) is 0. The lowest BCUT2D eigenvalue weighted by Gasteiger charge is -2.17. The van der Waals surface area contributed by atoms with Crippen LogP contribution in [0.5, 0.6) is 0 Å². The average molecular weight is 346 g/mol. The van der Waals surface area contributed by atoms with Gasteiger partial charge in [0.25, 0.3) is 0 Å². The van der Waals surface area contributed by atoms with Gasteiger partial charge in [-0.25, -0.2) is 9.18 Å². The van der Waals surface area contributed by atoms with E-state index in [1.165, 1.54) is 24.3 Å². The Morgan fingerprint density at radius 2 is 1.92 bits per heavy atom. The van der Waals surface area contributed by atoms with Gasteiger partial charge in [0.05, 0.1) is 11.6 Å². The van der Waals surface area contributed by atoms with Gasteiger partial charge < -0.3 is 14.9 Å². The molecule has 0 radical (unpaired) electrons. The minimum Gasteiger partial charge on any atom is -0.475 e. The summed E-state index contributed by atoms with van der Waals surface area (Å²) in [6.07, 6.45) is 3.75. The van der Waals surface area contributed by atoms with E-state index in [1.807, 2.05) is 0 Å². The number of rotatable bonds is 5. The Labute approximate surface area is 144 Å². The predicted octanol–water partition coefficient (Wildman–Crippen LogP) is 3.55. The third-order valence-electron chi connectivity index (χ3n) is 4.56. The highest BCUT2D eigenvalue weighted by Gasteiger charge is 2.30. The molecule has 1 heterocycles. The molecule has 6 nitrogen and oxygen atoms in total. The monoisotopic (exact) mass is 346 g/mol. The number of hydrogen-bond donors (Lipinski definition) is 2. The summed E-state index contributed by atoms with van der Waals surface area (Å²) in [6.45, 7) is 1.69. The molecule has 1 aliphatic rings. The van der Waals surface area contributed by atoms with Crippen LogP contribution in [0.2, 0.25) is 0 Å². The predicted molar refractivity (Wildman–Crippen MR) is 87.4 cm³/mol. The van der Waals surface area contributed by atoms with Gasteiger partial charge in [-0.2, -0.15) is 0 Å². The minimum absolute atomic E-state index is 0.0372. The third kappa shape index (κ3) is 3.55. The lowest BCUT2D eigenvalue weighted by molar-refractivity contribution is -0.125. The van der Waals surface area contributed by atoms with Crippen LogP contribution in [0.4, 0.5) is 4.39 Å². The fourth-order valence-corrected chi connectivity index (χ4v) is 3.26. The van der Waals surface area contributed by atoms with Gasteiger partial charge in [-0.15, -0.1) is 0 Å². The molecular formula is C18H19FN2O4. The van der Waals surface area contributed by atoms with Crippen molar-refractivity contribution in [2.45, 2.75) is 38.6 Å². The zero-order valence-corrected chi connectivity index (χ0v) is 13.8. The highest BCUT2D eigenvalue weighted by molar-refractivity contribution is 5.89. The number of carbonyl (C=O) groups excluding carboxylic acids is 1. The third-order valence-corrected chi connectivity index (χ3v) is 4.56. The molecule has 0 saturated heterocycles. The maximum Gasteiger partial charge on any atom is 0.375 e. The van der Waals surface area contributed by atoms with Crippen molar-refractivity contribution in [3.63, 3.8) is 0 Å². The molecule has 2 N–H and O–H groups in total. The zero-order valence-electron chi connectivity index (χ0n) is 13.8. The number of benzene rings is 1. The smallest absolute Gasteiger partial charge is 0.375 e. The van der Waals surface area contributed by atoms with E-state index in [-0.39, 0.29) is 28.8 Å². The Hall–Kier alpha value is -2.70. The van der Waals surface area contributed by atoms with Gasteiger partial charge in [0.15, 0.2) is 0 Å². The van der Waals surface area contributed by atoms with E-state index < -0.39 is 17.8 Å². The molecule has 1 amide bonds. The van der Waals surface area contributed by atoms with Crippen LogP contribution in [0, 0.1) is 11.7 Å². The Balaban J connectivity index is 1.92. The summed E-state index contributed by atoms with van der Waals surface area (Å²) in [5.74, 6) is -2.12. The molecule has 0 aliphatic heterocycles. The molecular weight excluding hydrogens is 327 g/mol. The Bertz CT molecular complexity index is 779. The van der Waals surface area contributed by atoms with Crippen molar-refractivity contribution in [1.82, 2.24) is 10.5 Å². The maximum absolute atomic E-state index is 13.1. The number of nitrogens with zero attached hydrogens (tertiary/aromatic N) is 1. The first-order chi connectivity index (χ1) is 12.0. The molecule has 1 aliphatic carbocycles. The number of aromatic carboxylic acids is 1. The first-order valence-corrected chi connectivity index (χ1v) is 8.26. The van der Waals surface area contributed by atoms with Crippen LogP contribution in [0.25, 0.3) is 11.3 Å². The summed E-state index contributed by atoms with van der Waals surface area (Å²) < 4.78 is 18.1. The topological polar surface area (TPSA) is 92.4 Å². The SMILES string of the molecule is CC(NC(=O)C1CCCC1)c1c(-c2ccc(F)cc2)noc1C(=O)O. The van der Waals surface area contributed by atoms with Gasteiger partial charge in [0.2, 0.25) is 11.7 Å².